The SMILES string of the molecule is C/C=C(\C)C(=O)O[C@H]1C[C@@H]2C(=C1C)[C@@H]1OC(=O)[C@](C)(O)[C@H]1[C@H](OC(=O)[C@H](C)CC)C[C@@]2(C)OC(C)=O. The van der Waals surface area contributed by atoms with E-state index in [1.54, 1.807) is 40.7 Å². The number of carbonyl (C=O) groups excluding carboxylic acids is 4. The Morgan fingerprint density at radius 3 is 2.42 bits per heavy atom. The van der Waals surface area contributed by atoms with E-state index in [-0.39, 0.29) is 6.42 Å². The van der Waals surface area contributed by atoms with E-state index in [1.807, 2.05) is 6.92 Å². The molecule has 1 saturated heterocycles. The van der Waals surface area contributed by atoms with Gasteiger partial charge in [0.15, 0.2) is 5.60 Å². The Balaban J connectivity index is 2.14. The van der Waals surface area contributed by atoms with Gasteiger partial charge in [-0.3, -0.25) is 9.59 Å². The molecule has 1 aliphatic heterocycles. The first-order valence-corrected chi connectivity index (χ1v) is 12.6. The molecule has 0 unspecified atom stereocenters. The number of fused-ring (bicyclic) bond motifs is 3. The monoisotopic (exact) mass is 506 g/mol. The van der Waals surface area contributed by atoms with Crippen molar-refractivity contribution < 1.29 is 43.2 Å². The normalized spacial score (nSPS) is 36.9. The first kappa shape index (κ1) is 27.9. The van der Waals surface area contributed by atoms with E-state index in [9.17, 15) is 24.3 Å². The highest BCUT2D eigenvalue weighted by atomic mass is 16.6. The van der Waals surface area contributed by atoms with Crippen molar-refractivity contribution in [2.75, 3.05) is 0 Å². The van der Waals surface area contributed by atoms with Crippen molar-refractivity contribution in [1.82, 2.24) is 0 Å². The number of rotatable bonds is 6. The number of aliphatic hydroxyl groups is 1. The van der Waals surface area contributed by atoms with Crippen LogP contribution < -0.4 is 0 Å². The highest BCUT2D eigenvalue weighted by Crippen LogP contribution is 2.55. The van der Waals surface area contributed by atoms with Crippen molar-refractivity contribution >= 4 is 23.9 Å². The van der Waals surface area contributed by atoms with Gasteiger partial charge in [0.25, 0.3) is 0 Å². The molecule has 3 aliphatic rings. The first-order valence-electron chi connectivity index (χ1n) is 12.6. The van der Waals surface area contributed by atoms with Gasteiger partial charge in [-0.25, -0.2) is 9.59 Å². The molecular formula is C27H38O9. The standard InChI is InChI=1S/C27H38O9/c1-9-13(3)23(29)33-18-11-17-20(15(18)5)22-21(27(8,32)25(31)35-22)19(34-24(30)14(4)10-2)12-26(17,7)36-16(6)28/h9,14,17-19,21-22,32H,10-12H2,1-8H3/b13-9+/t14-,17-,18+,19-,21+,22+,26-,27-/m1/s1. The second kappa shape index (κ2) is 10.00. The van der Waals surface area contributed by atoms with Gasteiger partial charge < -0.3 is 24.1 Å². The van der Waals surface area contributed by atoms with Gasteiger partial charge in [0.1, 0.15) is 23.9 Å². The number of hydrogen-bond acceptors (Lipinski definition) is 9. The first-order chi connectivity index (χ1) is 16.7. The van der Waals surface area contributed by atoms with Crippen LogP contribution in [0.2, 0.25) is 0 Å². The quantitative estimate of drug-likeness (QED) is 0.250. The lowest BCUT2D eigenvalue weighted by Crippen LogP contribution is -2.49. The lowest BCUT2D eigenvalue weighted by molar-refractivity contribution is -0.177. The molecule has 1 heterocycles. The molecule has 0 aromatic carbocycles. The number of carbonyl (C=O) groups is 4. The van der Waals surface area contributed by atoms with Crippen LogP contribution in [0.15, 0.2) is 22.8 Å². The van der Waals surface area contributed by atoms with Crippen LogP contribution in [-0.4, -0.2) is 58.5 Å². The summed E-state index contributed by atoms with van der Waals surface area (Å²) in [5.41, 5.74) is -1.36. The smallest absolute Gasteiger partial charge is 0.339 e. The third-order valence-corrected chi connectivity index (χ3v) is 8.10. The minimum atomic E-state index is -1.94. The summed E-state index contributed by atoms with van der Waals surface area (Å²) in [5, 5.41) is 11.2. The average molecular weight is 507 g/mol. The van der Waals surface area contributed by atoms with Crippen molar-refractivity contribution in [1.29, 1.82) is 0 Å². The minimum Gasteiger partial charge on any atom is -0.461 e. The summed E-state index contributed by atoms with van der Waals surface area (Å²) < 4.78 is 23.3. The van der Waals surface area contributed by atoms with Crippen LogP contribution in [0.4, 0.5) is 0 Å². The number of ether oxygens (including phenoxy) is 4. The Morgan fingerprint density at radius 1 is 1.22 bits per heavy atom. The second-order valence-corrected chi connectivity index (χ2v) is 10.7. The third-order valence-electron chi connectivity index (χ3n) is 8.10. The lowest BCUT2D eigenvalue weighted by Gasteiger charge is -2.37. The highest BCUT2D eigenvalue weighted by Gasteiger charge is 2.65. The highest BCUT2D eigenvalue weighted by molar-refractivity contribution is 5.88. The van der Waals surface area contributed by atoms with Gasteiger partial charge in [-0.1, -0.05) is 19.9 Å². The molecule has 9 nitrogen and oxygen atoms in total. The summed E-state index contributed by atoms with van der Waals surface area (Å²) >= 11 is 0. The van der Waals surface area contributed by atoms with Gasteiger partial charge in [-0.2, -0.15) is 0 Å². The summed E-state index contributed by atoms with van der Waals surface area (Å²) in [4.78, 5) is 50.4. The van der Waals surface area contributed by atoms with Crippen molar-refractivity contribution in [2.45, 2.75) is 104 Å². The summed E-state index contributed by atoms with van der Waals surface area (Å²) in [6.07, 6.45) is 0.0184. The third kappa shape index (κ3) is 4.82. The number of hydrogen-bond donors (Lipinski definition) is 1. The van der Waals surface area contributed by atoms with Crippen molar-refractivity contribution in [2.24, 2.45) is 17.8 Å². The zero-order chi connectivity index (χ0) is 27.2. The second-order valence-electron chi connectivity index (χ2n) is 10.7. The summed E-state index contributed by atoms with van der Waals surface area (Å²) in [6.45, 7) is 13.2. The Kier molecular flexibility index (Phi) is 7.75. The molecule has 0 aromatic heterocycles. The summed E-state index contributed by atoms with van der Waals surface area (Å²) in [6, 6.07) is 0. The largest absolute Gasteiger partial charge is 0.461 e. The molecule has 9 heteroatoms. The maximum Gasteiger partial charge on any atom is 0.339 e. The molecule has 0 amide bonds. The van der Waals surface area contributed by atoms with E-state index in [0.717, 1.165) is 0 Å². The molecule has 1 N–H and O–H groups in total. The fraction of sp³-hybridized carbons (Fsp3) is 0.704. The summed E-state index contributed by atoms with van der Waals surface area (Å²) in [7, 11) is 0. The van der Waals surface area contributed by atoms with E-state index >= 15 is 0 Å². The lowest BCUT2D eigenvalue weighted by atomic mass is 9.80. The van der Waals surface area contributed by atoms with E-state index < -0.39 is 71.1 Å². The topological polar surface area (TPSA) is 125 Å². The molecule has 8 atom stereocenters. The molecule has 0 bridgehead atoms. The Morgan fingerprint density at radius 2 is 1.86 bits per heavy atom. The Bertz CT molecular complexity index is 1010. The molecule has 200 valence electrons. The molecule has 2 aliphatic carbocycles. The average Bonchev–Trinajstić information content (AvgIpc) is 3.20. The van der Waals surface area contributed by atoms with Crippen molar-refractivity contribution in [3.8, 4) is 0 Å². The molecule has 3 rings (SSSR count). The van der Waals surface area contributed by atoms with E-state index in [1.165, 1.54) is 13.8 Å². The molecule has 0 spiro atoms. The minimum absolute atomic E-state index is 0.0404. The van der Waals surface area contributed by atoms with E-state index in [4.69, 9.17) is 18.9 Å². The van der Waals surface area contributed by atoms with Gasteiger partial charge in [0.2, 0.25) is 0 Å². The molecule has 1 saturated carbocycles. The molecule has 0 aromatic rings. The number of esters is 4. The Hall–Kier alpha value is -2.68. The van der Waals surface area contributed by atoms with Gasteiger partial charge in [-0.15, -0.1) is 0 Å². The van der Waals surface area contributed by atoms with Crippen LogP contribution in [0.3, 0.4) is 0 Å². The predicted octanol–water partition coefficient (Wildman–Crippen LogP) is 3.18. The maximum absolute atomic E-state index is 12.8. The molecule has 0 radical (unpaired) electrons. The van der Waals surface area contributed by atoms with Crippen molar-refractivity contribution in [3.05, 3.63) is 22.8 Å². The van der Waals surface area contributed by atoms with E-state index in [0.29, 0.717) is 29.6 Å². The maximum atomic E-state index is 12.8. The van der Waals surface area contributed by atoms with E-state index in [2.05, 4.69) is 0 Å². The number of allylic oxidation sites excluding steroid dienone is 1. The van der Waals surface area contributed by atoms with Gasteiger partial charge in [0.05, 0.1) is 11.8 Å². The van der Waals surface area contributed by atoms with Gasteiger partial charge >= 0.3 is 23.9 Å². The van der Waals surface area contributed by atoms with Crippen molar-refractivity contribution in [3.63, 3.8) is 0 Å². The van der Waals surface area contributed by atoms with Gasteiger partial charge in [-0.05, 0) is 58.6 Å². The molecule has 2 fully saturated rings. The molecular weight excluding hydrogens is 468 g/mol. The van der Waals surface area contributed by atoms with Crippen LogP contribution in [0.25, 0.3) is 0 Å². The van der Waals surface area contributed by atoms with Crippen LogP contribution in [0.1, 0.15) is 74.7 Å². The fourth-order valence-electron chi connectivity index (χ4n) is 5.67. The zero-order valence-electron chi connectivity index (χ0n) is 22.4. The van der Waals surface area contributed by atoms with Crippen LogP contribution in [-0.2, 0) is 38.1 Å². The predicted molar refractivity (Wildman–Crippen MR) is 128 cm³/mol. The van der Waals surface area contributed by atoms with Crippen LogP contribution >= 0.6 is 0 Å². The van der Waals surface area contributed by atoms with Gasteiger partial charge in [0, 0.05) is 24.8 Å². The van der Waals surface area contributed by atoms with Crippen LogP contribution in [0, 0.1) is 17.8 Å². The summed E-state index contributed by atoms with van der Waals surface area (Å²) in [5.74, 6) is -4.10. The fourth-order valence-corrected chi connectivity index (χ4v) is 5.67. The Labute approximate surface area is 212 Å². The zero-order valence-corrected chi connectivity index (χ0v) is 22.4. The van der Waals surface area contributed by atoms with Crippen LogP contribution in [0.5, 0.6) is 0 Å². The molecule has 36 heavy (non-hydrogen) atoms.